The molecule has 0 aliphatic carbocycles. The molecule has 12 heteroatoms. The van der Waals surface area contributed by atoms with Crippen molar-refractivity contribution in [3.63, 3.8) is 0 Å². The zero-order valence-corrected chi connectivity index (χ0v) is 21.5. The fourth-order valence-corrected chi connectivity index (χ4v) is 6.87. The lowest BCUT2D eigenvalue weighted by atomic mass is 10.2. The minimum Gasteiger partial charge on any atom is -0.495 e. The molecule has 1 aromatic carbocycles. The van der Waals surface area contributed by atoms with Crippen molar-refractivity contribution in [2.45, 2.75) is 19.4 Å². The Morgan fingerprint density at radius 2 is 2.20 bits per heavy atom. The maximum atomic E-state index is 13.3. The molecule has 1 saturated heterocycles. The summed E-state index contributed by atoms with van der Waals surface area (Å²) in [7, 11) is -1.63. The third-order valence-electron chi connectivity index (χ3n) is 5.68. The van der Waals surface area contributed by atoms with Crippen molar-refractivity contribution in [3.05, 3.63) is 53.1 Å². The Hall–Kier alpha value is -2.76. The Morgan fingerprint density at radius 3 is 2.80 bits per heavy atom. The fourth-order valence-electron chi connectivity index (χ4n) is 3.99. The first-order chi connectivity index (χ1) is 16.7. The molecule has 0 unspecified atom stereocenters. The summed E-state index contributed by atoms with van der Waals surface area (Å²) < 4.78 is 34.3. The lowest BCUT2D eigenvalue weighted by Gasteiger charge is -2.27. The smallest absolute Gasteiger partial charge is 0.283 e. The zero-order chi connectivity index (χ0) is 25.2. The summed E-state index contributed by atoms with van der Waals surface area (Å²) in [5.74, 6) is 0.362. The Balaban J connectivity index is 1.58. The van der Waals surface area contributed by atoms with Gasteiger partial charge in [0.25, 0.3) is 5.91 Å². The molecule has 2 aliphatic rings. The summed E-state index contributed by atoms with van der Waals surface area (Å²) >= 11 is 7.39. The second-order valence-corrected chi connectivity index (χ2v) is 11.5. The van der Waals surface area contributed by atoms with Gasteiger partial charge in [0.05, 0.1) is 41.3 Å². The first kappa shape index (κ1) is 25.3. The summed E-state index contributed by atoms with van der Waals surface area (Å²) in [6.45, 7) is 2.21. The number of amides is 2. The number of aliphatic imine (C=N–C) groups is 1. The van der Waals surface area contributed by atoms with Gasteiger partial charge in [-0.25, -0.2) is 13.4 Å². The number of halogens is 1. The summed E-state index contributed by atoms with van der Waals surface area (Å²) in [4.78, 5) is 33.7. The highest BCUT2D eigenvalue weighted by Crippen LogP contribution is 2.34. The summed E-state index contributed by atoms with van der Waals surface area (Å²) in [6, 6.07) is 7.98. The van der Waals surface area contributed by atoms with Gasteiger partial charge in [-0.05, 0) is 43.7 Å². The molecule has 4 rings (SSSR count). The van der Waals surface area contributed by atoms with E-state index in [0.29, 0.717) is 40.4 Å². The third kappa shape index (κ3) is 5.57. The number of carbonyl (C=O) groups is 2. The van der Waals surface area contributed by atoms with Crippen LogP contribution >= 0.6 is 23.4 Å². The molecule has 0 radical (unpaired) electrons. The molecule has 2 aromatic rings. The molecule has 3 heterocycles. The first-order valence-corrected chi connectivity index (χ1v) is 14.1. The van der Waals surface area contributed by atoms with Gasteiger partial charge in [-0.2, -0.15) is 0 Å². The van der Waals surface area contributed by atoms with Gasteiger partial charge >= 0.3 is 0 Å². The topological polar surface area (TPSA) is 109 Å². The van der Waals surface area contributed by atoms with E-state index in [2.05, 4.69) is 4.99 Å². The van der Waals surface area contributed by atoms with Crippen molar-refractivity contribution in [2.24, 2.45) is 4.99 Å². The molecule has 1 fully saturated rings. The molecule has 9 nitrogen and oxygen atoms in total. The molecular weight excluding hydrogens is 514 g/mol. The highest BCUT2D eigenvalue weighted by Gasteiger charge is 2.36. The lowest BCUT2D eigenvalue weighted by Crippen LogP contribution is -2.42. The number of carbonyl (C=O) groups excluding carboxylic acids is 2. The molecule has 35 heavy (non-hydrogen) atoms. The van der Waals surface area contributed by atoms with Gasteiger partial charge < -0.3 is 14.1 Å². The van der Waals surface area contributed by atoms with E-state index in [1.54, 1.807) is 35.2 Å². The largest absolute Gasteiger partial charge is 0.495 e. The van der Waals surface area contributed by atoms with Crippen molar-refractivity contribution in [3.8, 4) is 5.75 Å². The number of anilines is 1. The van der Waals surface area contributed by atoms with Crippen molar-refractivity contribution in [1.29, 1.82) is 0 Å². The number of amidine groups is 1. The molecule has 0 saturated carbocycles. The Bertz CT molecular complexity index is 1290. The third-order valence-corrected chi connectivity index (χ3v) is 8.65. The fraction of sp³-hybridized carbons (Fsp3) is 0.348. The molecule has 2 amide bonds. The van der Waals surface area contributed by atoms with Gasteiger partial charge in [-0.1, -0.05) is 23.4 Å². The van der Waals surface area contributed by atoms with Gasteiger partial charge in [-0.15, -0.1) is 0 Å². The average molecular weight is 538 g/mol. The SMILES string of the molecule is CCN(C(=O)CSC1=N/C(=C/c2ccco2)C(=O)N1c1ccc(OC)c(Cl)c1)[C@H]1CCS(=O)(=O)C1. The minimum absolute atomic E-state index is 0.00901. The van der Waals surface area contributed by atoms with E-state index in [1.165, 1.54) is 24.3 Å². The Labute approximate surface area is 212 Å². The monoisotopic (exact) mass is 537 g/mol. The van der Waals surface area contributed by atoms with E-state index in [9.17, 15) is 18.0 Å². The molecule has 0 N–H and O–H groups in total. The van der Waals surface area contributed by atoms with Gasteiger partial charge in [0, 0.05) is 18.7 Å². The van der Waals surface area contributed by atoms with E-state index in [-0.39, 0.29) is 34.9 Å². The predicted octanol–water partition coefficient (Wildman–Crippen LogP) is 3.45. The zero-order valence-electron chi connectivity index (χ0n) is 19.1. The Morgan fingerprint density at radius 1 is 1.40 bits per heavy atom. The number of ether oxygens (including phenoxy) is 1. The van der Waals surface area contributed by atoms with Crippen LogP contribution in [0.5, 0.6) is 5.75 Å². The van der Waals surface area contributed by atoms with Gasteiger partial charge in [0.15, 0.2) is 15.0 Å². The maximum Gasteiger partial charge on any atom is 0.283 e. The normalized spacial score (nSPS) is 20.4. The standard InChI is InChI=1S/C23H24ClN3O6S2/c1-3-26(16-8-10-35(30,31)14-16)21(28)13-34-23-25-19(12-17-5-4-9-33-17)22(29)27(23)15-6-7-20(32-2)18(24)11-15/h4-7,9,11-12,16H,3,8,10,13-14H2,1-2H3/b19-12+/t16-/m0/s1. The van der Waals surface area contributed by atoms with Crippen LogP contribution in [-0.2, 0) is 19.4 Å². The highest BCUT2D eigenvalue weighted by molar-refractivity contribution is 8.14. The summed E-state index contributed by atoms with van der Waals surface area (Å²) in [5.41, 5.74) is 0.618. The first-order valence-electron chi connectivity index (χ1n) is 10.9. The number of methoxy groups -OCH3 is 1. The van der Waals surface area contributed by atoms with E-state index in [1.807, 2.05) is 6.92 Å². The Kier molecular flexibility index (Phi) is 7.58. The molecule has 0 spiro atoms. The van der Waals surface area contributed by atoms with Crippen LogP contribution in [0.3, 0.4) is 0 Å². The molecular formula is C23H24ClN3O6S2. The van der Waals surface area contributed by atoms with Crippen LogP contribution in [0.1, 0.15) is 19.1 Å². The number of nitrogens with zero attached hydrogens (tertiary/aromatic N) is 3. The number of hydrogen-bond donors (Lipinski definition) is 0. The minimum atomic E-state index is -3.13. The van der Waals surface area contributed by atoms with Crippen LogP contribution in [0, 0.1) is 0 Å². The molecule has 0 bridgehead atoms. The number of benzene rings is 1. The second kappa shape index (κ2) is 10.5. The number of sulfone groups is 1. The van der Waals surface area contributed by atoms with E-state index < -0.39 is 15.7 Å². The van der Waals surface area contributed by atoms with Crippen molar-refractivity contribution >= 4 is 61.9 Å². The molecule has 1 aromatic heterocycles. The van der Waals surface area contributed by atoms with Crippen LogP contribution in [0.4, 0.5) is 5.69 Å². The lowest BCUT2D eigenvalue weighted by molar-refractivity contribution is -0.129. The quantitative estimate of drug-likeness (QED) is 0.497. The van der Waals surface area contributed by atoms with Gasteiger partial charge in [0.2, 0.25) is 5.91 Å². The van der Waals surface area contributed by atoms with Crippen molar-refractivity contribution in [1.82, 2.24) is 4.90 Å². The second-order valence-electron chi connectivity index (χ2n) is 7.92. The van der Waals surface area contributed by atoms with Crippen molar-refractivity contribution < 1.29 is 27.2 Å². The number of furan rings is 1. The number of thioether (sulfide) groups is 1. The van der Waals surface area contributed by atoms with Gasteiger partial charge in [0.1, 0.15) is 17.2 Å². The van der Waals surface area contributed by atoms with Crippen LogP contribution in [0.25, 0.3) is 6.08 Å². The van der Waals surface area contributed by atoms with Crippen LogP contribution in [-0.4, -0.2) is 67.3 Å². The van der Waals surface area contributed by atoms with Gasteiger partial charge in [-0.3, -0.25) is 14.5 Å². The van der Waals surface area contributed by atoms with Crippen molar-refractivity contribution in [2.75, 3.05) is 35.8 Å². The molecule has 186 valence electrons. The van der Waals surface area contributed by atoms with Crippen LogP contribution < -0.4 is 9.64 Å². The highest BCUT2D eigenvalue weighted by atomic mass is 35.5. The summed E-state index contributed by atoms with van der Waals surface area (Å²) in [6.07, 6.45) is 3.45. The molecule has 1 atom stereocenters. The van der Waals surface area contributed by atoms with Crippen LogP contribution in [0.2, 0.25) is 5.02 Å². The van der Waals surface area contributed by atoms with E-state index in [4.69, 9.17) is 20.8 Å². The van der Waals surface area contributed by atoms with Crippen LogP contribution in [0.15, 0.2) is 51.7 Å². The average Bonchev–Trinajstić information content (AvgIpc) is 3.53. The number of rotatable bonds is 7. The predicted molar refractivity (Wildman–Crippen MR) is 137 cm³/mol. The number of hydrogen-bond acceptors (Lipinski definition) is 8. The molecule has 2 aliphatic heterocycles. The summed E-state index contributed by atoms with van der Waals surface area (Å²) in [5, 5.41) is 0.624. The van der Waals surface area contributed by atoms with E-state index in [0.717, 1.165) is 11.8 Å². The maximum absolute atomic E-state index is 13.3. The van der Waals surface area contributed by atoms with E-state index >= 15 is 0 Å².